The van der Waals surface area contributed by atoms with E-state index in [0.717, 1.165) is 25.7 Å². The number of amides is 1. The van der Waals surface area contributed by atoms with Crippen molar-refractivity contribution in [1.29, 1.82) is 0 Å². The molecule has 0 spiro atoms. The van der Waals surface area contributed by atoms with Crippen molar-refractivity contribution < 1.29 is 19.1 Å². The normalized spacial score (nSPS) is 16.0. The molecule has 1 aliphatic carbocycles. The van der Waals surface area contributed by atoms with Crippen molar-refractivity contribution in [2.45, 2.75) is 44.8 Å². The third kappa shape index (κ3) is 5.59. The number of carbonyl (C=O) groups is 2. The first-order chi connectivity index (χ1) is 11.0. The van der Waals surface area contributed by atoms with E-state index in [1.165, 1.54) is 13.0 Å². The molecule has 7 heteroatoms. The maximum Gasteiger partial charge on any atom is 0.347 e. The van der Waals surface area contributed by atoms with Gasteiger partial charge in [0.1, 0.15) is 5.75 Å². The topological polar surface area (TPSA) is 64.6 Å². The summed E-state index contributed by atoms with van der Waals surface area (Å²) in [5, 5.41) is 3.62. The predicted octanol–water partition coefficient (Wildman–Crippen LogP) is 3.36. The zero-order valence-electron chi connectivity index (χ0n) is 12.8. The molecule has 1 saturated carbocycles. The van der Waals surface area contributed by atoms with Crippen molar-refractivity contribution in [2.75, 3.05) is 6.61 Å². The Morgan fingerprint density at radius 1 is 1.30 bits per heavy atom. The molecule has 126 valence electrons. The monoisotopic (exact) mass is 359 g/mol. The molecule has 0 bridgehead atoms. The summed E-state index contributed by atoms with van der Waals surface area (Å²) < 4.78 is 10.4. The molecule has 5 nitrogen and oxygen atoms in total. The van der Waals surface area contributed by atoms with E-state index >= 15 is 0 Å². The van der Waals surface area contributed by atoms with Gasteiger partial charge < -0.3 is 14.8 Å². The highest BCUT2D eigenvalue weighted by Crippen LogP contribution is 2.28. The van der Waals surface area contributed by atoms with Crippen molar-refractivity contribution in [1.82, 2.24) is 5.32 Å². The van der Waals surface area contributed by atoms with Crippen molar-refractivity contribution >= 4 is 35.1 Å². The minimum atomic E-state index is -0.882. The van der Waals surface area contributed by atoms with E-state index in [2.05, 4.69) is 5.32 Å². The van der Waals surface area contributed by atoms with Gasteiger partial charge in [-0.3, -0.25) is 4.79 Å². The van der Waals surface area contributed by atoms with Crippen LogP contribution in [0.25, 0.3) is 0 Å². The minimum Gasteiger partial charge on any atom is -0.477 e. The van der Waals surface area contributed by atoms with Gasteiger partial charge in [-0.25, -0.2) is 4.79 Å². The Hall–Kier alpha value is -1.46. The number of hydrogen-bond acceptors (Lipinski definition) is 4. The molecule has 1 aliphatic rings. The summed E-state index contributed by atoms with van der Waals surface area (Å²) in [5.41, 5.74) is 0. The van der Waals surface area contributed by atoms with Gasteiger partial charge in [0.05, 0.1) is 5.02 Å². The van der Waals surface area contributed by atoms with Gasteiger partial charge in [0.2, 0.25) is 0 Å². The molecule has 1 fully saturated rings. The molecule has 0 aromatic heterocycles. The SMILES string of the molecule is C[C@@H](Oc1ccc(Cl)cc1Cl)C(=O)OCC(=O)NC1CCCC1. The Morgan fingerprint density at radius 3 is 2.65 bits per heavy atom. The molecular weight excluding hydrogens is 341 g/mol. The molecular formula is C16H19Cl2NO4. The highest BCUT2D eigenvalue weighted by atomic mass is 35.5. The van der Waals surface area contributed by atoms with Crippen LogP contribution in [0.3, 0.4) is 0 Å². The van der Waals surface area contributed by atoms with Crippen LogP contribution in [0.4, 0.5) is 0 Å². The van der Waals surface area contributed by atoms with Crippen LogP contribution >= 0.6 is 23.2 Å². The first-order valence-electron chi connectivity index (χ1n) is 7.53. The van der Waals surface area contributed by atoms with E-state index in [9.17, 15) is 9.59 Å². The van der Waals surface area contributed by atoms with Gasteiger partial charge in [0.25, 0.3) is 5.91 Å². The lowest BCUT2D eigenvalue weighted by atomic mass is 10.2. The molecule has 23 heavy (non-hydrogen) atoms. The first-order valence-corrected chi connectivity index (χ1v) is 8.29. The van der Waals surface area contributed by atoms with Crippen LogP contribution in [0, 0.1) is 0 Å². The van der Waals surface area contributed by atoms with Crippen LogP contribution in [0.15, 0.2) is 18.2 Å². The summed E-state index contributed by atoms with van der Waals surface area (Å²) in [5.74, 6) is -0.588. The Morgan fingerprint density at radius 2 is 2.00 bits per heavy atom. The van der Waals surface area contributed by atoms with Crippen molar-refractivity contribution in [3.05, 3.63) is 28.2 Å². The summed E-state index contributed by atoms with van der Waals surface area (Å²) in [6.45, 7) is 1.22. The highest BCUT2D eigenvalue weighted by Gasteiger charge is 2.21. The fraction of sp³-hybridized carbons (Fsp3) is 0.500. The third-order valence-electron chi connectivity index (χ3n) is 3.60. The number of hydrogen-bond donors (Lipinski definition) is 1. The molecule has 1 aromatic rings. The fourth-order valence-electron chi connectivity index (χ4n) is 2.40. The van der Waals surface area contributed by atoms with Crippen LogP contribution < -0.4 is 10.1 Å². The minimum absolute atomic E-state index is 0.197. The lowest BCUT2D eigenvalue weighted by molar-refractivity contribution is -0.154. The van der Waals surface area contributed by atoms with E-state index in [0.29, 0.717) is 15.8 Å². The van der Waals surface area contributed by atoms with E-state index < -0.39 is 12.1 Å². The molecule has 0 heterocycles. The van der Waals surface area contributed by atoms with Crippen LogP contribution in [0.1, 0.15) is 32.6 Å². The van der Waals surface area contributed by atoms with Gasteiger partial charge in [0.15, 0.2) is 12.7 Å². The quantitative estimate of drug-likeness (QED) is 0.790. The van der Waals surface area contributed by atoms with Crippen LogP contribution in [-0.2, 0) is 14.3 Å². The standard InChI is InChI=1S/C16H19Cl2NO4/c1-10(23-14-7-6-11(17)8-13(14)18)16(21)22-9-15(20)19-12-4-2-3-5-12/h6-8,10,12H,2-5,9H2,1H3,(H,19,20)/t10-/m1/s1. The molecule has 1 atom stereocenters. The number of ether oxygens (including phenoxy) is 2. The van der Waals surface area contributed by atoms with Gasteiger partial charge >= 0.3 is 5.97 Å². The smallest absolute Gasteiger partial charge is 0.347 e. The summed E-state index contributed by atoms with van der Waals surface area (Å²) in [4.78, 5) is 23.6. The summed E-state index contributed by atoms with van der Waals surface area (Å²) in [6, 6.07) is 4.89. The number of carbonyl (C=O) groups excluding carboxylic acids is 2. The third-order valence-corrected chi connectivity index (χ3v) is 4.13. The Balaban J connectivity index is 1.76. The Labute approximate surface area is 145 Å². The lowest BCUT2D eigenvalue weighted by Gasteiger charge is -2.16. The number of nitrogens with one attached hydrogen (secondary N) is 1. The molecule has 0 saturated heterocycles. The van der Waals surface area contributed by atoms with Crippen LogP contribution in [0.5, 0.6) is 5.75 Å². The Kier molecular flexibility index (Phi) is 6.54. The van der Waals surface area contributed by atoms with Crippen LogP contribution in [0.2, 0.25) is 10.0 Å². The lowest BCUT2D eigenvalue weighted by Crippen LogP contribution is -2.37. The molecule has 1 aromatic carbocycles. The van der Waals surface area contributed by atoms with E-state index in [-0.39, 0.29) is 18.6 Å². The van der Waals surface area contributed by atoms with E-state index in [1.807, 2.05) is 0 Å². The largest absolute Gasteiger partial charge is 0.477 e. The van der Waals surface area contributed by atoms with Gasteiger partial charge in [-0.05, 0) is 38.0 Å². The van der Waals surface area contributed by atoms with Gasteiger partial charge in [0, 0.05) is 11.1 Å². The predicted molar refractivity (Wildman–Crippen MR) is 87.9 cm³/mol. The molecule has 1 amide bonds. The van der Waals surface area contributed by atoms with Crippen LogP contribution in [-0.4, -0.2) is 30.6 Å². The second-order valence-corrected chi connectivity index (χ2v) is 6.34. The van der Waals surface area contributed by atoms with E-state index in [4.69, 9.17) is 32.7 Å². The maximum absolute atomic E-state index is 11.9. The van der Waals surface area contributed by atoms with Gasteiger partial charge in [-0.2, -0.15) is 0 Å². The molecule has 1 N–H and O–H groups in total. The molecule has 2 rings (SSSR count). The van der Waals surface area contributed by atoms with Crippen molar-refractivity contribution in [3.63, 3.8) is 0 Å². The Bertz CT molecular complexity index is 573. The zero-order valence-corrected chi connectivity index (χ0v) is 14.3. The number of esters is 1. The van der Waals surface area contributed by atoms with Gasteiger partial charge in [-0.1, -0.05) is 36.0 Å². The second-order valence-electron chi connectivity index (χ2n) is 5.49. The number of benzene rings is 1. The molecule has 0 aliphatic heterocycles. The van der Waals surface area contributed by atoms with E-state index in [1.54, 1.807) is 12.1 Å². The molecule has 0 unspecified atom stereocenters. The number of halogens is 2. The summed E-state index contributed by atoms with van der Waals surface area (Å²) in [6.07, 6.45) is 3.32. The second kappa shape index (κ2) is 8.41. The average molecular weight is 360 g/mol. The maximum atomic E-state index is 11.9. The zero-order chi connectivity index (χ0) is 16.8. The van der Waals surface area contributed by atoms with Crippen molar-refractivity contribution in [3.8, 4) is 5.75 Å². The average Bonchev–Trinajstić information content (AvgIpc) is 3.00. The molecule has 0 radical (unpaired) electrons. The summed E-state index contributed by atoms with van der Waals surface area (Å²) >= 11 is 11.8. The van der Waals surface area contributed by atoms with Gasteiger partial charge in [-0.15, -0.1) is 0 Å². The first kappa shape index (κ1) is 17.9. The number of rotatable bonds is 6. The fourth-order valence-corrected chi connectivity index (χ4v) is 2.86. The highest BCUT2D eigenvalue weighted by molar-refractivity contribution is 6.35. The van der Waals surface area contributed by atoms with Crippen molar-refractivity contribution in [2.24, 2.45) is 0 Å². The summed E-state index contributed by atoms with van der Waals surface area (Å²) in [7, 11) is 0.